The minimum absolute atomic E-state index is 0.00457. The van der Waals surface area contributed by atoms with Crippen LogP contribution >= 0.6 is 0 Å². The van der Waals surface area contributed by atoms with Crippen molar-refractivity contribution < 1.29 is 9.90 Å². The summed E-state index contributed by atoms with van der Waals surface area (Å²) in [6, 6.07) is 0.453. The largest absolute Gasteiger partial charge is 0.395 e. The normalized spacial score (nSPS) is 15.9. The molecule has 1 N–H and O–H groups in total. The van der Waals surface area contributed by atoms with E-state index in [9.17, 15) is 4.79 Å². The lowest BCUT2D eigenvalue weighted by Gasteiger charge is -2.19. The molecule has 0 aromatic carbocycles. The number of aliphatic hydroxyl groups is 1. The molecule has 19 heavy (non-hydrogen) atoms. The van der Waals surface area contributed by atoms with Gasteiger partial charge >= 0.3 is 0 Å². The molecule has 1 aromatic rings. The summed E-state index contributed by atoms with van der Waals surface area (Å²) in [4.78, 5) is 14.0. The van der Waals surface area contributed by atoms with Crippen LogP contribution in [0.25, 0.3) is 0 Å². The van der Waals surface area contributed by atoms with Crippen molar-refractivity contribution in [2.24, 2.45) is 0 Å². The van der Waals surface area contributed by atoms with E-state index in [4.69, 9.17) is 5.11 Å². The predicted octanol–water partition coefficient (Wildman–Crippen LogP) is 1.76. The highest BCUT2D eigenvalue weighted by Crippen LogP contribution is 2.30. The van der Waals surface area contributed by atoms with Crippen molar-refractivity contribution in [1.82, 2.24) is 14.7 Å². The van der Waals surface area contributed by atoms with Gasteiger partial charge in [0.2, 0.25) is 0 Å². The average Bonchev–Trinajstić information content (AvgIpc) is 3.04. The molecule has 1 heterocycles. The van der Waals surface area contributed by atoms with Gasteiger partial charge in [0.15, 0.2) is 0 Å². The number of likely N-dealkylation sites (N-methyl/N-ethyl adjacent to an activating group) is 1. The van der Waals surface area contributed by atoms with E-state index in [2.05, 4.69) is 5.10 Å². The fourth-order valence-corrected chi connectivity index (χ4v) is 2.84. The summed E-state index contributed by atoms with van der Waals surface area (Å²) >= 11 is 0. The van der Waals surface area contributed by atoms with Crippen LogP contribution in [0.3, 0.4) is 0 Å². The van der Waals surface area contributed by atoms with E-state index >= 15 is 0 Å². The molecular formula is C14H23N3O2. The molecule has 0 radical (unpaired) electrons. The van der Waals surface area contributed by atoms with Gasteiger partial charge in [-0.2, -0.15) is 5.10 Å². The lowest BCUT2D eigenvalue weighted by Crippen LogP contribution is -2.33. The van der Waals surface area contributed by atoms with Gasteiger partial charge in [0.05, 0.1) is 24.4 Å². The van der Waals surface area contributed by atoms with Crippen molar-refractivity contribution in [3.63, 3.8) is 0 Å². The second-order valence-electron chi connectivity index (χ2n) is 5.13. The molecular weight excluding hydrogens is 242 g/mol. The molecule has 1 aliphatic carbocycles. The highest BCUT2D eigenvalue weighted by molar-refractivity contribution is 5.95. The van der Waals surface area contributed by atoms with E-state index in [1.54, 1.807) is 11.1 Å². The summed E-state index contributed by atoms with van der Waals surface area (Å²) in [7, 11) is 0. The van der Waals surface area contributed by atoms with E-state index in [0.29, 0.717) is 24.7 Å². The zero-order valence-electron chi connectivity index (χ0n) is 11.8. The van der Waals surface area contributed by atoms with Crippen LogP contribution in [0.5, 0.6) is 0 Å². The quantitative estimate of drug-likeness (QED) is 0.882. The van der Waals surface area contributed by atoms with E-state index in [1.165, 1.54) is 12.8 Å². The van der Waals surface area contributed by atoms with E-state index in [0.717, 1.165) is 18.5 Å². The number of rotatable bonds is 5. The van der Waals surface area contributed by atoms with Gasteiger partial charge in [-0.1, -0.05) is 12.8 Å². The first-order chi connectivity index (χ1) is 9.19. The minimum atomic E-state index is -0.0294. The van der Waals surface area contributed by atoms with Crippen LogP contribution in [-0.2, 0) is 0 Å². The number of nitrogens with zero attached hydrogens (tertiary/aromatic N) is 3. The topological polar surface area (TPSA) is 58.4 Å². The number of aliphatic hydroxyl groups excluding tert-OH is 1. The van der Waals surface area contributed by atoms with Gasteiger partial charge in [-0.05, 0) is 26.7 Å². The van der Waals surface area contributed by atoms with Crippen LogP contribution in [0, 0.1) is 6.92 Å². The first kappa shape index (κ1) is 14.1. The number of hydrogen-bond donors (Lipinski definition) is 1. The summed E-state index contributed by atoms with van der Waals surface area (Å²) < 4.78 is 2.01. The van der Waals surface area contributed by atoms with E-state index in [-0.39, 0.29) is 12.5 Å². The highest BCUT2D eigenvalue weighted by Gasteiger charge is 2.24. The van der Waals surface area contributed by atoms with E-state index in [1.807, 2.05) is 18.5 Å². The van der Waals surface area contributed by atoms with Crippen molar-refractivity contribution in [2.45, 2.75) is 45.6 Å². The van der Waals surface area contributed by atoms with Gasteiger partial charge in [0.25, 0.3) is 5.91 Å². The van der Waals surface area contributed by atoms with Crippen LogP contribution in [0.4, 0.5) is 0 Å². The zero-order valence-corrected chi connectivity index (χ0v) is 11.8. The molecule has 1 aliphatic rings. The summed E-state index contributed by atoms with van der Waals surface area (Å²) in [5.74, 6) is -0.0294. The molecule has 2 rings (SSSR count). The Morgan fingerprint density at radius 1 is 1.53 bits per heavy atom. The Morgan fingerprint density at radius 3 is 2.79 bits per heavy atom. The smallest absolute Gasteiger partial charge is 0.257 e. The summed E-state index contributed by atoms with van der Waals surface area (Å²) in [6.45, 7) is 4.86. The van der Waals surface area contributed by atoms with Gasteiger partial charge in [0, 0.05) is 18.8 Å². The maximum absolute atomic E-state index is 12.4. The third-order valence-electron chi connectivity index (χ3n) is 3.98. The van der Waals surface area contributed by atoms with Crippen LogP contribution in [0.15, 0.2) is 6.20 Å². The Hall–Kier alpha value is -1.36. The van der Waals surface area contributed by atoms with Crippen molar-refractivity contribution in [1.29, 1.82) is 0 Å². The van der Waals surface area contributed by atoms with Crippen LogP contribution in [0.2, 0.25) is 0 Å². The molecule has 0 aliphatic heterocycles. The molecule has 0 saturated heterocycles. The lowest BCUT2D eigenvalue weighted by molar-refractivity contribution is 0.0731. The maximum Gasteiger partial charge on any atom is 0.257 e. The molecule has 0 unspecified atom stereocenters. The molecule has 106 valence electrons. The number of aromatic nitrogens is 2. The summed E-state index contributed by atoms with van der Waals surface area (Å²) in [6.07, 6.45) is 6.49. The van der Waals surface area contributed by atoms with Gasteiger partial charge in [-0.15, -0.1) is 0 Å². The third kappa shape index (κ3) is 2.81. The van der Waals surface area contributed by atoms with Crippen molar-refractivity contribution in [2.75, 3.05) is 19.7 Å². The average molecular weight is 265 g/mol. The fraction of sp³-hybridized carbons (Fsp3) is 0.714. The molecule has 0 bridgehead atoms. The van der Waals surface area contributed by atoms with Crippen molar-refractivity contribution in [3.8, 4) is 0 Å². The second-order valence-corrected chi connectivity index (χ2v) is 5.13. The monoisotopic (exact) mass is 265 g/mol. The fourth-order valence-electron chi connectivity index (χ4n) is 2.84. The number of carbonyl (C=O) groups excluding carboxylic acids is 1. The Balaban J connectivity index is 2.18. The molecule has 1 fully saturated rings. The van der Waals surface area contributed by atoms with Crippen LogP contribution in [-0.4, -0.2) is 45.4 Å². The molecule has 5 heteroatoms. The molecule has 5 nitrogen and oxygen atoms in total. The van der Waals surface area contributed by atoms with Gasteiger partial charge < -0.3 is 10.0 Å². The van der Waals surface area contributed by atoms with Gasteiger partial charge in [-0.3, -0.25) is 9.48 Å². The molecule has 0 atom stereocenters. The maximum atomic E-state index is 12.4. The van der Waals surface area contributed by atoms with Gasteiger partial charge in [0.1, 0.15) is 0 Å². The Bertz CT molecular complexity index is 436. The first-order valence-electron chi connectivity index (χ1n) is 7.13. The standard InChI is InChI=1S/C14H23N3O2/c1-3-16(8-9-18)14(19)13-10-15-17(11(13)2)12-6-4-5-7-12/h10,12,18H,3-9H2,1-2H3. The minimum Gasteiger partial charge on any atom is -0.395 e. The zero-order chi connectivity index (χ0) is 13.8. The highest BCUT2D eigenvalue weighted by atomic mass is 16.3. The van der Waals surface area contributed by atoms with Crippen LogP contribution in [0.1, 0.15) is 54.7 Å². The molecule has 0 spiro atoms. The van der Waals surface area contributed by atoms with Crippen molar-refractivity contribution >= 4 is 5.91 Å². The third-order valence-corrected chi connectivity index (χ3v) is 3.98. The number of amides is 1. The Kier molecular flexibility index (Phi) is 4.58. The molecule has 1 aromatic heterocycles. The lowest BCUT2D eigenvalue weighted by atomic mass is 10.2. The van der Waals surface area contributed by atoms with Crippen LogP contribution < -0.4 is 0 Å². The SMILES string of the molecule is CCN(CCO)C(=O)c1cnn(C2CCCC2)c1C. The first-order valence-corrected chi connectivity index (χ1v) is 7.13. The summed E-state index contributed by atoms with van der Waals surface area (Å²) in [5, 5.41) is 13.4. The number of hydrogen-bond acceptors (Lipinski definition) is 3. The molecule has 1 saturated carbocycles. The second kappa shape index (κ2) is 6.19. The van der Waals surface area contributed by atoms with Gasteiger partial charge in [-0.25, -0.2) is 0 Å². The van der Waals surface area contributed by atoms with E-state index < -0.39 is 0 Å². The number of carbonyl (C=O) groups is 1. The Morgan fingerprint density at radius 2 is 2.21 bits per heavy atom. The Labute approximate surface area is 114 Å². The molecule has 1 amide bonds. The van der Waals surface area contributed by atoms with Crippen molar-refractivity contribution in [3.05, 3.63) is 17.5 Å². The predicted molar refractivity (Wildman–Crippen MR) is 73.1 cm³/mol. The summed E-state index contributed by atoms with van der Waals surface area (Å²) in [5.41, 5.74) is 1.62.